The summed E-state index contributed by atoms with van der Waals surface area (Å²) in [5.74, 6) is -3.61. The van der Waals surface area contributed by atoms with Crippen molar-refractivity contribution >= 4 is 34.7 Å². The highest BCUT2D eigenvalue weighted by atomic mass is 19.3. The third kappa shape index (κ3) is 5.02. The van der Waals surface area contributed by atoms with Crippen LogP contribution in [0.5, 0.6) is 0 Å². The highest BCUT2D eigenvalue weighted by molar-refractivity contribution is 5.90. The van der Waals surface area contributed by atoms with E-state index in [1.165, 1.54) is 18.2 Å². The molecule has 0 radical (unpaired) electrons. The zero-order chi connectivity index (χ0) is 22.7. The first kappa shape index (κ1) is 21.9. The van der Waals surface area contributed by atoms with Crippen LogP contribution in [0.2, 0.25) is 0 Å². The zero-order valence-electron chi connectivity index (χ0n) is 15.7. The van der Waals surface area contributed by atoms with Gasteiger partial charge in [0.2, 0.25) is 5.43 Å². The number of nitrogens with one attached hydrogen (secondary N) is 2. The van der Waals surface area contributed by atoms with Gasteiger partial charge in [-0.05, 0) is 24.3 Å². The Morgan fingerprint density at radius 3 is 2.45 bits per heavy atom. The summed E-state index contributed by atoms with van der Waals surface area (Å²) in [4.78, 5) is 35.3. The van der Waals surface area contributed by atoms with Gasteiger partial charge >= 0.3 is 12.5 Å². The van der Waals surface area contributed by atoms with Crippen molar-refractivity contribution < 1.29 is 31.9 Å². The van der Waals surface area contributed by atoms with Crippen LogP contribution in [0.15, 0.2) is 41.2 Å². The molecule has 0 aromatic heterocycles. The van der Waals surface area contributed by atoms with Crippen molar-refractivity contribution in [2.75, 3.05) is 29.0 Å². The number of alkyl halides is 2. The van der Waals surface area contributed by atoms with Crippen LogP contribution in [0, 0.1) is 11.6 Å². The highest BCUT2D eigenvalue weighted by Gasteiger charge is 2.34. The van der Waals surface area contributed by atoms with Crippen molar-refractivity contribution in [1.82, 2.24) is 5.32 Å². The smallest absolute Gasteiger partial charge is 0.414 e. The molecule has 2 aromatic rings. The molecule has 4 N–H and O–H groups in total. The molecule has 1 atom stereocenters. The number of nitrogens with two attached hydrogens (primary N) is 1. The van der Waals surface area contributed by atoms with E-state index >= 15 is 0 Å². The first-order valence-corrected chi connectivity index (χ1v) is 8.85. The van der Waals surface area contributed by atoms with E-state index < -0.39 is 47.3 Å². The first-order chi connectivity index (χ1) is 14.7. The minimum absolute atomic E-state index is 0.0452. The second-order valence-electron chi connectivity index (χ2n) is 6.51. The first-order valence-electron chi connectivity index (χ1n) is 8.85. The second kappa shape index (κ2) is 8.90. The fourth-order valence-electron chi connectivity index (χ4n) is 2.77. The number of halogens is 4. The van der Waals surface area contributed by atoms with Crippen LogP contribution in [-0.2, 0) is 9.53 Å². The molecule has 1 heterocycles. The van der Waals surface area contributed by atoms with Crippen molar-refractivity contribution in [3.8, 4) is 0 Å². The van der Waals surface area contributed by atoms with Crippen molar-refractivity contribution in [3.05, 3.63) is 58.3 Å². The summed E-state index contributed by atoms with van der Waals surface area (Å²) >= 11 is 0. The average Bonchev–Trinajstić information content (AvgIpc) is 3.01. The maximum atomic E-state index is 14.6. The van der Waals surface area contributed by atoms with Crippen LogP contribution in [-0.4, -0.2) is 37.6 Å². The van der Waals surface area contributed by atoms with E-state index in [0.717, 1.165) is 23.1 Å². The zero-order valence-corrected chi connectivity index (χ0v) is 15.7. The Hall–Kier alpha value is -3.83. The van der Waals surface area contributed by atoms with E-state index in [1.807, 2.05) is 5.32 Å². The lowest BCUT2D eigenvalue weighted by molar-refractivity contribution is -0.132. The molecule has 2 aromatic carbocycles. The second-order valence-corrected chi connectivity index (χ2v) is 6.51. The van der Waals surface area contributed by atoms with Crippen molar-refractivity contribution in [1.29, 1.82) is 0 Å². The lowest BCUT2D eigenvalue weighted by Gasteiger charge is -2.16. The molecule has 1 saturated heterocycles. The number of nitrogens with zero attached hydrogens (tertiary/aromatic N) is 1. The summed E-state index contributed by atoms with van der Waals surface area (Å²) in [6, 6.07) is 6.82. The van der Waals surface area contributed by atoms with Gasteiger partial charge < -0.3 is 21.1 Å². The Kier molecular flexibility index (Phi) is 6.28. The fourth-order valence-corrected chi connectivity index (χ4v) is 2.77. The molecular weight excluding hydrogens is 424 g/mol. The Morgan fingerprint density at radius 2 is 1.81 bits per heavy atom. The van der Waals surface area contributed by atoms with Crippen LogP contribution in [0.1, 0.15) is 0 Å². The molecule has 0 spiro atoms. The molecule has 1 aliphatic heterocycles. The van der Waals surface area contributed by atoms with E-state index in [1.54, 1.807) is 0 Å². The molecule has 0 bridgehead atoms. The van der Waals surface area contributed by atoms with Gasteiger partial charge in [0.05, 0.1) is 24.5 Å². The van der Waals surface area contributed by atoms with Crippen LogP contribution in [0.3, 0.4) is 0 Å². The summed E-state index contributed by atoms with van der Waals surface area (Å²) in [5.41, 5.74) is 4.47. The summed E-state index contributed by atoms with van der Waals surface area (Å²) in [6.07, 6.45) is -5.15. The number of hydrogen-bond acceptors (Lipinski definition) is 6. The lowest BCUT2D eigenvalue weighted by atomic mass is 10.2. The number of ether oxygens (including phenoxy) is 1. The minimum Gasteiger partial charge on any atom is -0.442 e. The number of rotatable bonds is 6. The van der Waals surface area contributed by atoms with Crippen LogP contribution < -0.4 is 26.7 Å². The number of nitrogen functional groups attached to an aromatic ring is 1. The van der Waals surface area contributed by atoms with Gasteiger partial charge in [-0.25, -0.2) is 13.6 Å². The summed E-state index contributed by atoms with van der Waals surface area (Å²) in [5, 5.41) is 4.40. The van der Waals surface area contributed by atoms with Gasteiger partial charge in [-0.15, -0.1) is 0 Å². The van der Waals surface area contributed by atoms with Crippen LogP contribution >= 0.6 is 0 Å². The molecule has 164 valence electrons. The highest BCUT2D eigenvalue weighted by Crippen LogP contribution is 2.30. The molecule has 0 aliphatic carbocycles. The summed E-state index contributed by atoms with van der Waals surface area (Å²) < 4.78 is 58.5. The maximum Gasteiger partial charge on any atom is 0.414 e. The van der Waals surface area contributed by atoms with Crippen LogP contribution in [0.4, 0.5) is 45.1 Å². The van der Waals surface area contributed by atoms with Gasteiger partial charge in [0.1, 0.15) is 11.8 Å². The normalized spacial score (nSPS) is 15.7. The van der Waals surface area contributed by atoms with E-state index in [0.29, 0.717) is 0 Å². The maximum absolute atomic E-state index is 14.6. The molecule has 1 aliphatic rings. The lowest BCUT2D eigenvalue weighted by Crippen LogP contribution is -2.37. The van der Waals surface area contributed by atoms with E-state index in [9.17, 15) is 31.9 Å². The molecule has 1 fully saturated rings. The van der Waals surface area contributed by atoms with E-state index in [2.05, 4.69) is 5.32 Å². The van der Waals surface area contributed by atoms with Gasteiger partial charge in [0.25, 0.3) is 5.91 Å². The van der Waals surface area contributed by atoms with Crippen LogP contribution in [0.25, 0.3) is 0 Å². The quantitative estimate of drug-likeness (QED) is 0.595. The fraction of sp³-hybridized carbons (Fsp3) is 0.211. The number of benzene rings is 1. The minimum atomic E-state index is -3.22. The van der Waals surface area contributed by atoms with Gasteiger partial charge in [-0.2, -0.15) is 8.78 Å². The SMILES string of the molecule is Nc1ccc(Nc2c(F)cc(N3C[C@H](CNC(=O)C(F)F)OC3=O)cc2F)ccc1=O. The number of cyclic esters (lactones) is 1. The largest absolute Gasteiger partial charge is 0.442 e. The van der Waals surface area contributed by atoms with Gasteiger partial charge in [-0.1, -0.05) is 0 Å². The summed E-state index contributed by atoms with van der Waals surface area (Å²) in [7, 11) is 0. The predicted molar refractivity (Wildman–Crippen MR) is 103 cm³/mol. The molecule has 3 rings (SSSR count). The standard InChI is InChI=1S/C19H16F4N4O4/c20-12-5-10(27-8-11(31-19(27)30)7-25-18(29)17(22)23)6-13(21)16(12)26-9-1-3-14(24)15(28)4-2-9/h1-6,11,17,26H,7-8H2,(H2,24,28)(H,25,29)/t11-/m0/s1. The van der Waals surface area contributed by atoms with Crippen molar-refractivity contribution in [2.45, 2.75) is 12.5 Å². The number of carbonyl (C=O) groups is 2. The Labute approximate surface area is 172 Å². The predicted octanol–water partition coefficient (Wildman–Crippen LogP) is 2.36. The molecule has 12 heteroatoms. The van der Waals surface area contributed by atoms with E-state index in [-0.39, 0.29) is 30.2 Å². The third-order valence-corrected chi connectivity index (χ3v) is 4.33. The topological polar surface area (TPSA) is 114 Å². The number of anilines is 4. The van der Waals surface area contributed by atoms with Crippen molar-refractivity contribution in [3.63, 3.8) is 0 Å². The van der Waals surface area contributed by atoms with Gasteiger partial charge in [-0.3, -0.25) is 14.5 Å². The number of amides is 2. The van der Waals surface area contributed by atoms with Gasteiger partial charge in [0.15, 0.2) is 11.6 Å². The average molecular weight is 440 g/mol. The Balaban J connectivity index is 1.76. The number of hydrogen-bond donors (Lipinski definition) is 3. The monoisotopic (exact) mass is 440 g/mol. The molecule has 0 unspecified atom stereocenters. The van der Waals surface area contributed by atoms with Crippen molar-refractivity contribution in [2.24, 2.45) is 0 Å². The van der Waals surface area contributed by atoms with E-state index in [4.69, 9.17) is 10.5 Å². The molecular formula is C19H16F4N4O4. The van der Waals surface area contributed by atoms with Gasteiger partial charge in [0, 0.05) is 17.8 Å². The third-order valence-electron chi connectivity index (χ3n) is 4.33. The molecule has 0 saturated carbocycles. The Bertz CT molecular complexity index is 1060. The molecule has 31 heavy (non-hydrogen) atoms. The molecule has 2 amide bonds. The number of carbonyl (C=O) groups excluding carboxylic acids is 2. The Morgan fingerprint density at radius 1 is 1.16 bits per heavy atom. The summed E-state index contributed by atoms with van der Waals surface area (Å²) in [6.45, 7) is -0.597. The molecule has 8 nitrogen and oxygen atoms in total.